The molecule has 0 aliphatic heterocycles. The summed E-state index contributed by atoms with van der Waals surface area (Å²) in [4.78, 5) is 16.3. The number of aromatic nitrogens is 1. The van der Waals surface area contributed by atoms with Crippen molar-refractivity contribution in [2.24, 2.45) is 17.6 Å². The number of nitrogens with one attached hydrogen (secondary N) is 1. The fourth-order valence-corrected chi connectivity index (χ4v) is 2.91. The molecular weight excluding hydrogens is 238 g/mol. The van der Waals surface area contributed by atoms with Crippen molar-refractivity contribution in [1.82, 2.24) is 10.3 Å². The van der Waals surface area contributed by atoms with Gasteiger partial charge in [0.05, 0.1) is 5.56 Å². The van der Waals surface area contributed by atoms with Gasteiger partial charge in [0.1, 0.15) is 0 Å². The van der Waals surface area contributed by atoms with Gasteiger partial charge in [-0.25, -0.2) is 0 Å². The largest absolute Gasteiger partial charge is 0.352 e. The van der Waals surface area contributed by atoms with E-state index in [1.807, 2.05) is 13.0 Å². The van der Waals surface area contributed by atoms with E-state index in [2.05, 4.69) is 10.3 Å². The van der Waals surface area contributed by atoms with Crippen LogP contribution in [0.4, 0.5) is 0 Å². The topological polar surface area (TPSA) is 68.0 Å². The summed E-state index contributed by atoms with van der Waals surface area (Å²) in [7, 11) is 0. The van der Waals surface area contributed by atoms with Gasteiger partial charge in [-0.3, -0.25) is 9.78 Å². The van der Waals surface area contributed by atoms with Crippen LogP contribution in [0.25, 0.3) is 0 Å². The maximum Gasteiger partial charge on any atom is 0.253 e. The summed E-state index contributed by atoms with van der Waals surface area (Å²) < 4.78 is 0. The first-order valence-corrected chi connectivity index (χ1v) is 7.12. The Bertz CT molecular complexity index is 433. The lowest BCUT2D eigenvalue weighted by Crippen LogP contribution is -2.37. The predicted molar refractivity (Wildman–Crippen MR) is 75.8 cm³/mol. The van der Waals surface area contributed by atoms with Crippen molar-refractivity contribution in [3.05, 3.63) is 29.6 Å². The Hall–Kier alpha value is -1.42. The molecule has 0 spiro atoms. The van der Waals surface area contributed by atoms with E-state index in [-0.39, 0.29) is 5.91 Å². The molecule has 4 nitrogen and oxygen atoms in total. The highest BCUT2D eigenvalue weighted by Gasteiger charge is 2.24. The summed E-state index contributed by atoms with van der Waals surface area (Å²) in [5, 5.41) is 3.04. The fraction of sp³-hybridized carbons (Fsp3) is 0.600. The summed E-state index contributed by atoms with van der Waals surface area (Å²) >= 11 is 0. The second-order valence-electron chi connectivity index (χ2n) is 5.39. The Balaban J connectivity index is 1.91. The molecule has 1 aliphatic rings. The SMILES string of the molecule is Cc1ncccc1C(=O)NCC1CCCCC1CN. The first-order chi connectivity index (χ1) is 9.22. The second-order valence-corrected chi connectivity index (χ2v) is 5.39. The van der Waals surface area contributed by atoms with Gasteiger partial charge in [-0.05, 0) is 50.3 Å². The van der Waals surface area contributed by atoms with E-state index in [0.29, 0.717) is 17.4 Å². The van der Waals surface area contributed by atoms with Crippen LogP contribution in [-0.2, 0) is 0 Å². The molecule has 3 N–H and O–H groups in total. The van der Waals surface area contributed by atoms with Crippen LogP contribution in [0.5, 0.6) is 0 Å². The Kier molecular flexibility index (Phi) is 4.91. The van der Waals surface area contributed by atoms with Crippen molar-refractivity contribution in [3.63, 3.8) is 0 Å². The minimum atomic E-state index is -0.0213. The molecule has 4 heteroatoms. The van der Waals surface area contributed by atoms with E-state index in [1.165, 1.54) is 25.7 Å². The number of rotatable bonds is 4. The van der Waals surface area contributed by atoms with Gasteiger partial charge in [-0.15, -0.1) is 0 Å². The van der Waals surface area contributed by atoms with E-state index >= 15 is 0 Å². The van der Waals surface area contributed by atoms with Gasteiger partial charge in [0.15, 0.2) is 0 Å². The van der Waals surface area contributed by atoms with Gasteiger partial charge < -0.3 is 11.1 Å². The predicted octanol–water partition coefficient (Wildman–Crippen LogP) is 1.88. The molecule has 1 amide bonds. The number of carbonyl (C=O) groups excluding carboxylic acids is 1. The van der Waals surface area contributed by atoms with E-state index in [4.69, 9.17) is 5.73 Å². The van der Waals surface area contributed by atoms with E-state index in [9.17, 15) is 4.79 Å². The maximum atomic E-state index is 12.1. The summed E-state index contributed by atoms with van der Waals surface area (Å²) in [6.07, 6.45) is 6.60. The van der Waals surface area contributed by atoms with Gasteiger partial charge in [0, 0.05) is 18.4 Å². The number of pyridine rings is 1. The standard InChI is InChI=1S/C15H23N3O/c1-11-14(7-4-8-17-11)15(19)18-10-13-6-3-2-5-12(13)9-16/h4,7-8,12-13H,2-3,5-6,9-10,16H2,1H3,(H,18,19). The minimum absolute atomic E-state index is 0.0213. The maximum absolute atomic E-state index is 12.1. The highest BCUT2D eigenvalue weighted by atomic mass is 16.1. The average Bonchev–Trinajstić information content (AvgIpc) is 2.45. The molecule has 2 atom stereocenters. The Labute approximate surface area is 114 Å². The van der Waals surface area contributed by atoms with Crippen LogP contribution >= 0.6 is 0 Å². The lowest BCUT2D eigenvalue weighted by atomic mass is 9.79. The molecule has 2 rings (SSSR count). The number of nitrogens with zero attached hydrogens (tertiary/aromatic N) is 1. The number of carbonyl (C=O) groups is 1. The molecule has 1 fully saturated rings. The molecule has 0 saturated heterocycles. The average molecular weight is 261 g/mol. The first kappa shape index (κ1) is 14.0. The Morgan fingerprint density at radius 2 is 2.16 bits per heavy atom. The molecule has 2 unspecified atom stereocenters. The van der Waals surface area contributed by atoms with E-state index < -0.39 is 0 Å². The van der Waals surface area contributed by atoms with Crippen molar-refractivity contribution < 1.29 is 4.79 Å². The monoisotopic (exact) mass is 261 g/mol. The zero-order valence-corrected chi connectivity index (χ0v) is 11.6. The van der Waals surface area contributed by atoms with Crippen LogP contribution in [-0.4, -0.2) is 24.0 Å². The highest BCUT2D eigenvalue weighted by molar-refractivity contribution is 5.95. The smallest absolute Gasteiger partial charge is 0.253 e. The number of hydrogen-bond acceptors (Lipinski definition) is 3. The van der Waals surface area contributed by atoms with Crippen molar-refractivity contribution in [2.75, 3.05) is 13.1 Å². The van der Waals surface area contributed by atoms with E-state index in [0.717, 1.165) is 18.8 Å². The second kappa shape index (κ2) is 6.66. The van der Waals surface area contributed by atoms with Gasteiger partial charge in [-0.2, -0.15) is 0 Å². The Morgan fingerprint density at radius 1 is 1.42 bits per heavy atom. The first-order valence-electron chi connectivity index (χ1n) is 7.12. The van der Waals surface area contributed by atoms with Crippen LogP contribution in [0.15, 0.2) is 18.3 Å². The van der Waals surface area contributed by atoms with E-state index in [1.54, 1.807) is 12.3 Å². The summed E-state index contributed by atoms with van der Waals surface area (Å²) in [6, 6.07) is 3.62. The molecule has 1 aromatic rings. The number of aryl methyl sites for hydroxylation is 1. The summed E-state index contributed by atoms with van der Waals surface area (Å²) in [6.45, 7) is 3.32. The molecule has 0 bridgehead atoms. The van der Waals surface area contributed by atoms with Gasteiger partial charge in [0.2, 0.25) is 0 Å². The molecule has 19 heavy (non-hydrogen) atoms. The molecule has 1 saturated carbocycles. The fourth-order valence-electron chi connectivity index (χ4n) is 2.91. The molecule has 1 aromatic heterocycles. The highest BCUT2D eigenvalue weighted by Crippen LogP contribution is 2.28. The lowest BCUT2D eigenvalue weighted by molar-refractivity contribution is 0.0934. The van der Waals surface area contributed by atoms with Crippen LogP contribution in [0.2, 0.25) is 0 Å². The molecular formula is C15H23N3O. The van der Waals surface area contributed by atoms with Crippen LogP contribution in [0.1, 0.15) is 41.7 Å². The normalized spacial score (nSPS) is 23.1. The summed E-state index contributed by atoms with van der Waals surface area (Å²) in [5.41, 5.74) is 7.26. The minimum Gasteiger partial charge on any atom is -0.352 e. The van der Waals surface area contributed by atoms with Crippen LogP contribution in [0.3, 0.4) is 0 Å². The molecule has 0 radical (unpaired) electrons. The third-order valence-electron chi connectivity index (χ3n) is 4.15. The number of nitrogens with two attached hydrogens (primary N) is 1. The molecule has 1 heterocycles. The van der Waals surface area contributed by atoms with Crippen molar-refractivity contribution in [3.8, 4) is 0 Å². The summed E-state index contributed by atoms with van der Waals surface area (Å²) in [5.74, 6) is 1.07. The zero-order chi connectivity index (χ0) is 13.7. The lowest BCUT2D eigenvalue weighted by Gasteiger charge is -2.30. The Morgan fingerprint density at radius 3 is 2.84 bits per heavy atom. The van der Waals surface area contributed by atoms with Gasteiger partial charge >= 0.3 is 0 Å². The molecule has 0 aromatic carbocycles. The molecule has 104 valence electrons. The quantitative estimate of drug-likeness (QED) is 0.869. The van der Waals surface area contributed by atoms with Gasteiger partial charge in [0.25, 0.3) is 5.91 Å². The number of amides is 1. The van der Waals surface area contributed by atoms with Crippen molar-refractivity contribution in [1.29, 1.82) is 0 Å². The molecule has 1 aliphatic carbocycles. The van der Waals surface area contributed by atoms with Crippen LogP contribution in [0, 0.1) is 18.8 Å². The number of hydrogen-bond donors (Lipinski definition) is 2. The third-order valence-corrected chi connectivity index (χ3v) is 4.15. The van der Waals surface area contributed by atoms with Crippen molar-refractivity contribution in [2.45, 2.75) is 32.6 Å². The van der Waals surface area contributed by atoms with Crippen LogP contribution < -0.4 is 11.1 Å². The zero-order valence-electron chi connectivity index (χ0n) is 11.6. The van der Waals surface area contributed by atoms with Crippen molar-refractivity contribution >= 4 is 5.91 Å². The third kappa shape index (κ3) is 3.53. The van der Waals surface area contributed by atoms with Gasteiger partial charge in [-0.1, -0.05) is 12.8 Å².